The van der Waals surface area contributed by atoms with Crippen LogP contribution in [0.1, 0.15) is 19.3 Å². The molecule has 5 nitrogen and oxygen atoms in total. The Morgan fingerprint density at radius 1 is 1.38 bits per heavy atom. The van der Waals surface area contributed by atoms with Crippen LogP contribution < -0.4 is 10.5 Å². The third kappa shape index (κ3) is 4.39. The smallest absolute Gasteiger partial charge is 0.242 e. The maximum atomic E-state index is 13.0. The van der Waals surface area contributed by atoms with Crippen LogP contribution >= 0.6 is 0 Å². The summed E-state index contributed by atoms with van der Waals surface area (Å²) in [6.45, 7) is 2.50. The van der Waals surface area contributed by atoms with Gasteiger partial charge in [0.25, 0.3) is 0 Å². The number of hydrogen-bond donors (Lipinski definition) is 2. The Balaban J connectivity index is 1.89. The van der Waals surface area contributed by atoms with Gasteiger partial charge >= 0.3 is 0 Å². The Hall–Kier alpha value is -1.18. The third-order valence-electron chi connectivity index (χ3n) is 3.94. The van der Waals surface area contributed by atoms with Crippen LogP contribution in [0.2, 0.25) is 0 Å². The number of nitrogens with zero attached hydrogens (tertiary/aromatic N) is 1. The molecule has 0 spiro atoms. The van der Waals surface area contributed by atoms with Gasteiger partial charge in [-0.3, -0.25) is 0 Å². The van der Waals surface area contributed by atoms with Crippen molar-refractivity contribution in [3.8, 4) is 0 Å². The zero-order chi connectivity index (χ0) is 15.5. The molecule has 2 rings (SSSR count). The lowest BCUT2D eigenvalue weighted by molar-refractivity contribution is 0.213. The summed E-state index contributed by atoms with van der Waals surface area (Å²) in [5.74, 6) is 0.00670. The maximum absolute atomic E-state index is 13.0. The molecule has 0 aromatic heterocycles. The lowest BCUT2D eigenvalue weighted by Gasteiger charge is -2.28. The van der Waals surface area contributed by atoms with Gasteiger partial charge in [0.15, 0.2) is 0 Å². The molecule has 1 saturated heterocycles. The van der Waals surface area contributed by atoms with Crippen LogP contribution in [0, 0.1) is 11.7 Å². The van der Waals surface area contributed by atoms with Crippen molar-refractivity contribution < 1.29 is 12.8 Å². The molecule has 0 bridgehead atoms. The van der Waals surface area contributed by atoms with Gasteiger partial charge in [0.2, 0.25) is 10.0 Å². The van der Waals surface area contributed by atoms with Gasteiger partial charge in [-0.1, -0.05) is 0 Å². The summed E-state index contributed by atoms with van der Waals surface area (Å²) in [7, 11) is -1.58. The van der Waals surface area contributed by atoms with Crippen molar-refractivity contribution in [2.75, 3.05) is 32.4 Å². The number of piperidine rings is 1. The molecule has 1 aromatic rings. The highest BCUT2D eigenvalue weighted by Crippen LogP contribution is 2.21. The molecule has 0 unspecified atom stereocenters. The first-order valence-corrected chi connectivity index (χ1v) is 8.60. The number of nitrogen functional groups attached to an aromatic ring is 1. The second-order valence-electron chi connectivity index (χ2n) is 5.62. The molecule has 0 radical (unpaired) electrons. The van der Waals surface area contributed by atoms with Crippen LogP contribution in [0.5, 0.6) is 0 Å². The predicted molar refractivity (Wildman–Crippen MR) is 80.8 cm³/mol. The molecule has 118 valence electrons. The fourth-order valence-corrected chi connectivity index (χ4v) is 3.75. The molecule has 1 fully saturated rings. The summed E-state index contributed by atoms with van der Waals surface area (Å²) < 4.78 is 39.8. The van der Waals surface area contributed by atoms with Crippen LogP contribution in [0.3, 0.4) is 0 Å². The van der Waals surface area contributed by atoms with E-state index < -0.39 is 15.8 Å². The zero-order valence-corrected chi connectivity index (χ0v) is 13.0. The second kappa shape index (κ2) is 6.72. The number of halogens is 1. The number of benzene rings is 1. The Labute approximate surface area is 125 Å². The number of hydrogen-bond acceptors (Lipinski definition) is 4. The molecule has 21 heavy (non-hydrogen) atoms. The molecule has 7 heteroatoms. The van der Waals surface area contributed by atoms with Crippen molar-refractivity contribution in [3.05, 3.63) is 24.0 Å². The van der Waals surface area contributed by atoms with Crippen molar-refractivity contribution >= 4 is 15.7 Å². The van der Waals surface area contributed by atoms with E-state index in [1.165, 1.54) is 6.07 Å². The SMILES string of the molecule is CN1CCC(CCNS(=O)(=O)c2ccc(F)cc2N)CC1. The van der Waals surface area contributed by atoms with Gasteiger partial charge in [-0.15, -0.1) is 0 Å². The van der Waals surface area contributed by atoms with E-state index in [1.807, 2.05) is 0 Å². The quantitative estimate of drug-likeness (QED) is 0.806. The number of sulfonamides is 1. The number of anilines is 1. The van der Waals surface area contributed by atoms with E-state index in [2.05, 4.69) is 16.7 Å². The van der Waals surface area contributed by atoms with Gasteiger partial charge in [-0.05, 0) is 63.5 Å². The fraction of sp³-hybridized carbons (Fsp3) is 0.571. The molecule has 0 aliphatic carbocycles. The molecule has 3 N–H and O–H groups in total. The highest BCUT2D eigenvalue weighted by Gasteiger charge is 2.20. The van der Waals surface area contributed by atoms with Crippen LogP contribution in [-0.4, -0.2) is 40.0 Å². The summed E-state index contributed by atoms with van der Waals surface area (Å²) in [6, 6.07) is 3.32. The number of likely N-dealkylation sites (tertiary alicyclic amines) is 1. The molecular weight excluding hydrogens is 293 g/mol. The first-order valence-electron chi connectivity index (χ1n) is 7.12. The van der Waals surface area contributed by atoms with Crippen LogP contribution in [0.4, 0.5) is 10.1 Å². The van der Waals surface area contributed by atoms with E-state index in [4.69, 9.17) is 5.73 Å². The standard InChI is InChI=1S/C14H22FN3O2S/c1-18-8-5-11(6-9-18)4-7-17-21(19,20)14-3-2-12(15)10-13(14)16/h2-3,10-11,17H,4-9,16H2,1H3. The molecular formula is C14H22FN3O2S. The van der Waals surface area contributed by atoms with Gasteiger partial charge in [0, 0.05) is 6.54 Å². The van der Waals surface area contributed by atoms with Gasteiger partial charge in [0.1, 0.15) is 10.7 Å². The number of nitrogens with one attached hydrogen (secondary N) is 1. The monoisotopic (exact) mass is 315 g/mol. The van der Waals surface area contributed by atoms with E-state index in [0.29, 0.717) is 12.5 Å². The Morgan fingerprint density at radius 3 is 2.67 bits per heavy atom. The minimum absolute atomic E-state index is 0.0627. The minimum atomic E-state index is -3.67. The predicted octanol–water partition coefficient (Wildman–Crippen LogP) is 1.42. The van der Waals surface area contributed by atoms with E-state index >= 15 is 0 Å². The highest BCUT2D eigenvalue weighted by atomic mass is 32.2. The average Bonchev–Trinajstić information content (AvgIpc) is 2.40. The molecule has 0 saturated carbocycles. The van der Waals surface area contributed by atoms with Crippen LogP contribution in [0.25, 0.3) is 0 Å². The van der Waals surface area contributed by atoms with Crippen molar-refractivity contribution in [1.82, 2.24) is 9.62 Å². The zero-order valence-electron chi connectivity index (χ0n) is 12.2. The summed E-state index contributed by atoms with van der Waals surface area (Å²) in [5.41, 5.74) is 5.50. The molecule has 1 heterocycles. The lowest BCUT2D eigenvalue weighted by atomic mass is 9.94. The Kier molecular flexibility index (Phi) is 5.18. The summed E-state index contributed by atoms with van der Waals surface area (Å²) in [4.78, 5) is 2.21. The third-order valence-corrected chi connectivity index (χ3v) is 5.48. The average molecular weight is 315 g/mol. The van der Waals surface area contributed by atoms with E-state index in [9.17, 15) is 12.8 Å². The fourth-order valence-electron chi connectivity index (χ4n) is 2.59. The summed E-state index contributed by atoms with van der Waals surface area (Å²) >= 11 is 0. The van der Waals surface area contributed by atoms with Gasteiger partial charge in [-0.25, -0.2) is 17.5 Å². The first kappa shape index (κ1) is 16.2. The Morgan fingerprint density at radius 2 is 2.05 bits per heavy atom. The molecule has 0 atom stereocenters. The molecule has 1 aromatic carbocycles. The van der Waals surface area contributed by atoms with E-state index in [1.54, 1.807) is 0 Å². The van der Waals surface area contributed by atoms with Crippen molar-refractivity contribution in [3.63, 3.8) is 0 Å². The summed E-state index contributed by atoms with van der Waals surface area (Å²) in [6.07, 6.45) is 3.00. The highest BCUT2D eigenvalue weighted by molar-refractivity contribution is 7.89. The number of nitrogens with two attached hydrogens (primary N) is 1. The topological polar surface area (TPSA) is 75.4 Å². The van der Waals surface area contributed by atoms with Crippen molar-refractivity contribution in [1.29, 1.82) is 0 Å². The van der Waals surface area contributed by atoms with Gasteiger partial charge < -0.3 is 10.6 Å². The first-order chi connectivity index (χ1) is 9.88. The Bertz CT molecular complexity index is 584. The van der Waals surface area contributed by atoms with Crippen molar-refractivity contribution in [2.24, 2.45) is 5.92 Å². The van der Waals surface area contributed by atoms with Crippen LogP contribution in [-0.2, 0) is 10.0 Å². The maximum Gasteiger partial charge on any atom is 0.242 e. The lowest BCUT2D eigenvalue weighted by Crippen LogP contribution is -2.32. The van der Waals surface area contributed by atoms with Gasteiger partial charge in [0.05, 0.1) is 5.69 Å². The largest absolute Gasteiger partial charge is 0.398 e. The van der Waals surface area contributed by atoms with E-state index in [0.717, 1.165) is 44.5 Å². The molecule has 0 amide bonds. The van der Waals surface area contributed by atoms with Crippen molar-refractivity contribution in [2.45, 2.75) is 24.2 Å². The molecule has 1 aliphatic heterocycles. The van der Waals surface area contributed by atoms with Crippen LogP contribution in [0.15, 0.2) is 23.1 Å². The summed E-state index contributed by atoms with van der Waals surface area (Å²) in [5, 5.41) is 0. The van der Waals surface area contributed by atoms with E-state index in [-0.39, 0.29) is 10.6 Å². The van der Waals surface area contributed by atoms with Gasteiger partial charge in [-0.2, -0.15) is 0 Å². The minimum Gasteiger partial charge on any atom is -0.398 e. The second-order valence-corrected chi connectivity index (χ2v) is 7.35. The molecule has 1 aliphatic rings. The normalized spacial score (nSPS) is 18.0. The number of rotatable bonds is 5.